The highest BCUT2D eigenvalue weighted by Gasteiger charge is 2.11. The number of halogens is 1. The molecule has 0 atom stereocenters. The van der Waals surface area contributed by atoms with E-state index in [0.29, 0.717) is 0 Å². The van der Waals surface area contributed by atoms with Crippen molar-refractivity contribution in [2.75, 3.05) is 0 Å². The van der Waals surface area contributed by atoms with Crippen molar-refractivity contribution in [1.82, 2.24) is 9.97 Å². The lowest BCUT2D eigenvalue weighted by Crippen LogP contribution is -1.86. The fourth-order valence-electron chi connectivity index (χ4n) is 4.26. The summed E-state index contributed by atoms with van der Waals surface area (Å²) in [5.74, 6) is 0. The largest absolute Gasteiger partial charge is 0.355 e. The normalized spacial score (nSPS) is 11.7. The molecule has 2 heterocycles. The van der Waals surface area contributed by atoms with E-state index in [4.69, 9.17) is 16.6 Å². The Kier molecular flexibility index (Phi) is 4.82. The molecule has 0 aliphatic rings. The first-order chi connectivity index (χ1) is 16.2. The summed E-state index contributed by atoms with van der Waals surface area (Å²) in [7, 11) is 0. The van der Waals surface area contributed by atoms with Gasteiger partial charge in [0.2, 0.25) is 0 Å². The molecule has 0 aliphatic heterocycles. The highest BCUT2D eigenvalue weighted by molar-refractivity contribution is 6.30. The molecule has 33 heavy (non-hydrogen) atoms. The first-order valence-corrected chi connectivity index (χ1v) is 11.2. The van der Waals surface area contributed by atoms with Gasteiger partial charge in [-0.3, -0.25) is 4.99 Å². The van der Waals surface area contributed by atoms with E-state index in [1.807, 2.05) is 54.7 Å². The number of aromatic amines is 2. The summed E-state index contributed by atoms with van der Waals surface area (Å²) in [4.78, 5) is 11.9. The van der Waals surface area contributed by atoms with Crippen LogP contribution in [0.3, 0.4) is 0 Å². The zero-order chi connectivity index (χ0) is 22.2. The van der Waals surface area contributed by atoms with Crippen molar-refractivity contribution >= 4 is 45.3 Å². The monoisotopic (exact) mass is 445 g/mol. The molecule has 0 radical (unpaired) electrons. The first-order valence-electron chi connectivity index (χ1n) is 10.8. The van der Waals surface area contributed by atoms with Crippen molar-refractivity contribution in [2.45, 2.75) is 0 Å². The molecule has 158 valence electrons. The van der Waals surface area contributed by atoms with Gasteiger partial charge in [0.05, 0.1) is 11.4 Å². The number of para-hydroxylation sites is 2. The third-order valence-corrected chi connectivity index (χ3v) is 6.16. The van der Waals surface area contributed by atoms with Gasteiger partial charge in [0, 0.05) is 49.9 Å². The maximum Gasteiger partial charge on any atom is 0.0636 e. The van der Waals surface area contributed by atoms with Crippen LogP contribution in [0.25, 0.3) is 44.3 Å². The lowest BCUT2D eigenvalue weighted by molar-refractivity contribution is 1.43. The standard InChI is InChI=1S/C29H20ClN3/c30-22-14-12-19(13-15-22)29-25(24-9-2-4-11-27(24)33-29)18-31-23-8-5-7-20(16-23)28-17-21-6-1-3-10-26(21)32-28/h1-18,32-33H. The predicted octanol–water partition coefficient (Wildman–Crippen LogP) is 8.39. The molecule has 4 heteroatoms. The zero-order valence-corrected chi connectivity index (χ0v) is 18.5. The second kappa shape index (κ2) is 8.12. The Morgan fingerprint density at radius 1 is 0.667 bits per heavy atom. The van der Waals surface area contributed by atoms with E-state index in [0.717, 1.165) is 55.2 Å². The van der Waals surface area contributed by atoms with Gasteiger partial charge < -0.3 is 9.97 Å². The molecule has 3 nitrogen and oxygen atoms in total. The fraction of sp³-hybridized carbons (Fsp3) is 0. The number of rotatable bonds is 4. The lowest BCUT2D eigenvalue weighted by Gasteiger charge is -2.03. The molecular formula is C29H20ClN3. The molecule has 0 fully saturated rings. The van der Waals surface area contributed by atoms with Crippen molar-refractivity contribution < 1.29 is 0 Å². The highest BCUT2D eigenvalue weighted by Crippen LogP contribution is 2.31. The van der Waals surface area contributed by atoms with Crippen LogP contribution in [0, 0.1) is 0 Å². The van der Waals surface area contributed by atoms with Crippen molar-refractivity contribution in [2.24, 2.45) is 4.99 Å². The van der Waals surface area contributed by atoms with Crippen LogP contribution in [-0.2, 0) is 0 Å². The number of aromatic nitrogens is 2. The summed E-state index contributed by atoms with van der Waals surface area (Å²) in [5, 5.41) is 3.06. The number of nitrogens with one attached hydrogen (secondary N) is 2. The Morgan fingerprint density at radius 2 is 1.45 bits per heavy atom. The summed E-state index contributed by atoms with van der Waals surface area (Å²) in [6.07, 6.45) is 1.95. The molecule has 0 saturated carbocycles. The Hall–Kier alpha value is -4.08. The first kappa shape index (κ1) is 19.6. The number of H-pyrrole nitrogens is 2. The third kappa shape index (κ3) is 3.73. The van der Waals surface area contributed by atoms with Gasteiger partial charge in [0.1, 0.15) is 0 Å². The predicted molar refractivity (Wildman–Crippen MR) is 140 cm³/mol. The SMILES string of the molecule is Clc1ccc(-c2[nH]c3ccccc3c2C=Nc2cccc(-c3cc4ccccc4[nH]3)c2)cc1. The highest BCUT2D eigenvalue weighted by atomic mass is 35.5. The van der Waals surface area contributed by atoms with Gasteiger partial charge in [-0.2, -0.15) is 0 Å². The van der Waals surface area contributed by atoms with Crippen LogP contribution in [0.15, 0.2) is 108 Å². The van der Waals surface area contributed by atoms with Crippen LogP contribution >= 0.6 is 11.6 Å². The second-order valence-electron chi connectivity index (χ2n) is 8.04. The van der Waals surface area contributed by atoms with Crippen LogP contribution in [-0.4, -0.2) is 16.2 Å². The summed E-state index contributed by atoms with van der Waals surface area (Å²) < 4.78 is 0. The molecule has 0 spiro atoms. The molecule has 6 rings (SSSR count). The van der Waals surface area contributed by atoms with E-state index >= 15 is 0 Å². The van der Waals surface area contributed by atoms with E-state index in [2.05, 4.69) is 64.6 Å². The van der Waals surface area contributed by atoms with Gasteiger partial charge >= 0.3 is 0 Å². The summed E-state index contributed by atoms with van der Waals surface area (Å²) in [5.41, 5.74) is 8.47. The smallest absolute Gasteiger partial charge is 0.0636 e. The zero-order valence-electron chi connectivity index (χ0n) is 17.7. The molecule has 0 aliphatic carbocycles. The second-order valence-corrected chi connectivity index (χ2v) is 8.48. The minimum absolute atomic E-state index is 0.721. The third-order valence-electron chi connectivity index (χ3n) is 5.91. The minimum atomic E-state index is 0.721. The van der Waals surface area contributed by atoms with Crippen LogP contribution in [0.1, 0.15) is 5.56 Å². The Balaban J connectivity index is 1.41. The maximum absolute atomic E-state index is 6.11. The molecule has 4 aromatic carbocycles. The van der Waals surface area contributed by atoms with E-state index < -0.39 is 0 Å². The summed E-state index contributed by atoms with van der Waals surface area (Å²) in [6, 6.07) is 34.9. The molecular weight excluding hydrogens is 426 g/mol. The van der Waals surface area contributed by atoms with Crippen molar-refractivity contribution in [3.8, 4) is 22.5 Å². The number of nitrogens with zero attached hydrogens (tertiary/aromatic N) is 1. The summed E-state index contributed by atoms with van der Waals surface area (Å²) in [6.45, 7) is 0. The molecule has 6 aromatic rings. The van der Waals surface area contributed by atoms with E-state index in [1.165, 1.54) is 5.39 Å². The molecule has 0 bridgehead atoms. The van der Waals surface area contributed by atoms with E-state index in [1.54, 1.807) is 0 Å². The maximum atomic E-state index is 6.11. The number of benzene rings is 4. The van der Waals surface area contributed by atoms with Gasteiger partial charge in [0.25, 0.3) is 0 Å². The Bertz CT molecular complexity index is 1590. The fourth-order valence-corrected chi connectivity index (χ4v) is 4.39. The van der Waals surface area contributed by atoms with Crippen molar-refractivity contribution in [1.29, 1.82) is 0 Å². The molecule has 0 saturated heterocycles. The average Bonchev–Trinajstić information content (AvgIpc) is 3.45. The van der Waals surface area contributed by atoms with Gasteiger partial charge in [-0.15, -0.1) is 0 Å². The molecule has 2 N–H and O–H groups in total. The molecule has 2 aromatic heterocycles. The number of fused-ring (bicyclic) bond motifs is 2. The van der Waals surface area contributed by atoms with Crippen molar-refractivity contribution in [3.05, 3.63) is 114 Å². The number of hydrogen-bond acceptors (Lipinski definition) is 1. The van der Waals surface area contributed by atoms with Crippen LogP contribution in [0.2, 0.25) is 5.02 Å². The average molecular weight is 446 g/mol. The van der Waals surface area contributed by atoms with Gasteiger partial charge in [0.15, 0.2) is 0 Å². The summed E-state index contributed by atoms with van der Waals surface area (Å²) >= 11 is 6.11. The molecule has 0 unspecified atom stereocenters. The van der Waals surface area contributed by atoms with E-state index in [-0.39, 0.29) is 0 Å². The minimum Gasteiger partial charge on any atom is -0.355 e. The van der Waals surface area contributed by atoms with Crippen LogP contribution < -0.4 is 0 Å². The Morgan fingerprint density at radius 3 is 2.30 bits per heavy atom. The van der Waals surface area contributed by atoms with Gasteiger partial charge in [-0.1, -0.05) is 72.3 Å². The number of hydrogen-bond donors (Lipinski definition) is 2. The Labute approximate surface area is 196 Å². The van der Waals surface area contributed by atoms with Crippen LogP contribution in [0.5, 0.6) is 0 Å². The topological polar surface area (TPSA) is 43.9 Å². The quantitative estimate of drug-likeness (QED) is 0.256. The van der Waals surface area contributed by atoms with Gasteiger partial charge in [-0.25, -0.2) is 0 Å². The van der Waals surface area contributed by atoms with E-state index in [9.17, 15) is 0 Å². The van der Waals surface area contributed by atoms with Crippen molar-refractivity contribution in [3.63, 3.8) is 0 Å². The lowest BCUT2D eigenvalue weighted by atomic mass is 10.1. The van der Waals surface area contributed by atoms with Gasteiger partial charge in [-0.05, 0) is 48.0 Å². The number of aliphatic imine (C=N–C) groups is 1. The molecule has 0 amide bonds. The van der Waals surface area contributed by atoms with Crippen LogP contribution in [0.4, 0.5) is 5.69 Å².